The van der Waals surface area contributed by atoms with Crippen molar-refractivity contribution in [1.82, 2.24) is 9.97 Å². The Hall–Kier alpha value is -6.08. The third-order valence-electron chi connectivity index (χ3n) is 10.2. The molecule has 8 aromatic rings. The van der Waals surface area contributed by atoms with Crippen molar-refractivity contribution in [3.8, 4) is 33.6 Å². The topological polar surface area (TPSA) is 32.3 Å². The second kappa shape index (κ2) is 13.4. The minimum atomic E-state index is 0.710. The predicted octanol–water partition coefficient (Wildman–Crippen LogP) is 14.0. The summed E-state index contributed by atoms with van der Waals surface area (Å²) in [5, 5.41) is 0. The number of benzene rings is 7. The molecule has 0 aliphatic carbocycles. The van der Waals surface area contributed by atoms with Crippen molar-refractivity contribution in [2.75, 3.05) is 9.80 Å². The van der Waals surface area contributed by atoms with E-state index >= 15 is 0 Å². The van der Waals surface area contributed by atoms with Crippen LogP contribution in [0.2, 0.25) is 0 Å². The van der Waals surface area contributed by atoms with Crippen molar-refractivity contribution >= 4 is 57.6 Å². The predicted molar refractivity (Wildman–Crippen MR) is 225 cm³/mol. The average Bonchev–Trinajstić information content (AvgIpc) is 3.22. The lowest BCUT2D eigenvalue weighted by Gasteiger charge is -2.33. The van der Waals surface area contributed by atoms with Crippen molar-refractivity contribution in [3.63, 3.8) is 0 Å². The first kappa shape index (κ1) is 32.6. The van der Waals surface area contributed by atoms with Crippen molar-refractivity contribution < 1.29 is 0 Å². The van der Waals surface area contributed by atoms with Crippen molar-refractivity contribution in [3.05, 3.63) is 181 Å². The smallest absolute Gasteiger partial charge is 0.159 e. The van der Waals surface area contributed by atoms with Gasteiger partial charge in [-0.3, -0.25) is 0 Å². The number of aromatic nitrogens is 2. The highest BCUT2D eigenvalue weighted by atomic mass is 32.2. The van der Waals surface area contributed by atoms with E-state index in [9.17, 15) is 0 Å². The molecule has 0 fully saturated rings. The van der Waals surface area contributed by atoms with E-state index in [1.54, 1.807) is 0 Å². The first-order valence-electron chi connectivity index (χ1n) is 18.1. The minimum absolute atomic E-state index is 0.710. The quantitative estimate of drug-likeness (QED) is 0.175. The number of fused-ring (bicyclic) bond motifs is 4. The number of anilines is 6. The Morgan fingerprint density at radius 2 is 0.759 bits per heavy atom. The van der Waals surface area contributed by atoms with Gasteiger partial charge < -0.3 is 9.80 Å². The highest BCUT2D eigenvalue weighted by Gasteiger charge is 2.26. The van der Waals surface area contributed by atoms with Gasteiger partial charge in [0.1, 0.15) is 0 Å². The summed E-state index contributed by atoms with van der Waals surface area (Å²) in [5.41, 5.74) is 15.1. The Kier molecular flexibility index (Phi) is 8.08. The van der Waals surface area contributed by atoms with Crippen LogP contribution in [0, 0.1) is 13.8 Å². The van der Waals surface area contributed by atoms with Gasteiger partial charge in [0, 0.05) is 48.9 Å². The minimum Gasteiger partial charge on any atom is -0.308 e. The Morgan fingerprint density at radius 3 is 1.15 bits per heavy atom. The van der Waals surface area contributed by atoms with Gasteiger partial charge in [-0.15, -0.1) is 0 Å². The van der Waals surface area contributed by atoms with Gasteiger partial charge in [-0.2, -0.15) is 0 Å². The number of hydrogen-bond donors (Lipinski definition) is 0. The van der Waals surface area contributed by atoms with Crippen LogP contribution in [0.15, 0.2) is 190 Å². The number of hydrogen-bond acceptors (Lipinski definition) is 6. The summed E-state index contributed by atoms with van der Waals surface area (Å²) in [6.07, 6.45) is 3.63. The van der Waals surface area contributed by atoms with Crippen LogP contribution in [-0.2, 0) is 0 Å². The molecule has 3 heterocycles. The van der Waals surface area contributed by atoms with Crippen LogP contribution in [0.25, 0.3) is 33.6 Å². The maximum atomic E-state index is 4.67. The van der Waals surface area contributed by atoms with E-state index in [0.29, 0.717) is 5.82 Å². The zero-order valence-corrected chi connectivity index (χ0v) is 31.4. The summed E-state index contributed by atoms with van der Waals surface area (Å²) in [4.78, 5) is 19.1. The molecule has 2 aliphatic rings. The molecule has 6 heteroatoms. The third kappa shape index (κ3) is 5.66. The molecular weight excluding hydrogens is 697 g/mol. The summed E-state index contributed by atoms with van der Waals surface area (Å²) < 4.78 is 0. The molecule has 0 saturated carbocycles. The molecule has 1 aromatic heterocycles. The molecule has 54 heavy (non-hydrogen) atoms. The summed E-state index contributed by atoms with van der Waals surface area (Å²) in [6.45, 7) is 4.43. The Bertz CT molecular complexity index is 2470. The maximum Gasteiger partial charge on any atom is 0.159 e. The molecule has 10 rings (SSSR count). The maximum absolute atomic E-state index is 4.67. The Morgan fingerprint density at radius 1 is 0.389 bits per heavy atom. The molecule has 0 atom stereocenters. The van der Waals surface area contributed by atoms with Crippen molar-refractivity contribution in [2.45, 2.75) is 33.4 Å². The van der Waals surface area contributed by atoms with Crippen molar-refractivity contribution in [2.24, 2.45) is 0 Å². The van der Waals surface area contributed by atoms with Crippen LogP contribution in [-0.4, -0.2) is 9.97 Å². The summed E-state index contributed by atoms with van der Waals surface area (Å²) >= 11 is 3.66. The van der Waals surface area contributed by atoms with E-state index < -0.39 is 0 Å². The van der Waals surface area contributed by atoms with E-state index in [-0.39, 0.29) is 0 Å². The number of aryl methyl sites for hydroxylation is 2. The molecule has 0 N–H and O–H groups in total. The van der Waals surface area contributed by atoms with Crippen LogP contribution in [0.3, 0.4) is 0 Å². The fourth-order valence-electron chi connectivity index (χ4n) is 7.70. The van der Waals surface area contributed by atoms with E-state index in [4.69, 9.17) is 0 Å². The van der Waals surface area contributed by atoms with Crippen LogP contribution in [0.5, 0.6) is 0 Å². The monoisotopic (exact) mass is 730 g/mol. The lowest BCUT2D eigenvalue weighted by Crippen LogP contribution is -2.14. The molecule has 2 aliphatic heterocycles. The molecule has 0 amide bonds. The van der Waals surface area contributed by atoms with Gasteiger partial charge in [-0.05, 0) is 144 Å². The lowest BCUT2D eigenvalue weighted by molar-refractivity contribution is 1.16. The summed E-state index contributed by atoms with van der Waals surface area (Å²) in [5.74, 6) is 0.710. The fourth-order valence-corrected chi connectivity index (χ4v) is 9.82. The van der Waals surface area contributed by atoms with E-state index in [2.05, 4.69) is 185 Å². The second-order valence-electron chi connectivity index (χ2n) is 13.6. The number of rotatable bonds is 5. The molecular formula is C48H34N4S2. The normalized spacial score (nSPS) is 12.8. The number of para-hydroxylation sites is 4. The zero-order chi connectivity index (χ0) is 36.2. The molecule has 0 unspecified atom stereocenters. The van der Waals surface area contributed by atoms with Crippen molar-refractivity contribution in [1.29, 1.82) is 0 Å². The van der Waals surface area contributed by atoms with Gasteiger partial charge >= 0.3 is 0 Å². The highest BCUT2D eigenvalue weighted by Crippen LogP contribution is 2.53. The van der Waals surface area contributed by atoms with Crippen LogP contribution in [0.4, 0.5) is 34.1 Å². The lowest BCUT2D eigenvalue weighted by atomic mass is 9.91. The molecule has 0 radical (unpaired) electrons. The van der Waals surface area contributed by atoms with Gasteiger partial charge in [-0.1, -0.05) is 84.2 Å². The molecule has 4 nitrogen and oxygen atoms in total. The van der Waals surface area contributed by atoms with Crippen LogP contribution in [0.1, 0.15) is 11.1 Å². The fraction of sp³-hybridized carbons (Fsp3) is 0.0417. The van der Waals surface area contributed by atoms with E-state index in [1.807, 2.05) is 42.0 Å². The van der Waals surface area contributed by atoms with Gasteiger partial charge in [0.15, 0.2) is 5.82 Å². The first-order valence-corrected chi connectivity index (χ1v) is 19.7. The Labute approximate surface area is 324 Å². The first-order chi connectivity index (χ1) is 26.6. The summed E-state index contributed by atoms with van der Waals surface area (Å²) in [6, 6.07) is 57.0. The largest absolute Gasteiger partial charge is 0.308 e. The SMILES string of the molecule is Cc1cc(N2c3ccccc3Sc3ccccc32)ccc1-c1cc(-c2ncccn2)cc(-c2ccc(N3c4ccccc4Sc4ccccc43)cc2C)c1. The van der Waals surface area contributed by atoms with Crippen LogP contribution < -0.4 is 9.80 Å². The van der Waals surface area contributed by atoms with E-state index in [1.165, 1.54) is 64.6 Å². The van der Waals surface area contributed by atoms with Crippen LogP contribution >= 0.6 is 23.5 Å². The average molecular weight is 731 g/mol. The summed E-state index contributed by atoms with van der Waals surface area (Å²) in [7, 11) is 0. The molecule has 258 valence electrons. The molecule has 7 aromatic carbocycles. The second-order valence-corrected chi connectivity index (χ2v) is 15.8. The third-order valence-corrected chi connectivity index (χ3v) is 12.4. The van der Waals surface area contributed by atoms with Gasteiger partial charge in [-0.25, -0.2) is 9.97 Å². The number of nitrogens with zero attached hydrogens (tertiary/aromatic N) is 4. The molecule has 0 bridgehead atoms. The van der Waals surface area contributed by atoms with Gasteiger partial charge in [0.25, 0.3) is 0 Å². The zero-order valence-electron chi connectivity index (χ0n) is 29.8. The van der Waals surface area contributed by atoms with Gasteiger partial charge in [0.2, 0.25) is 0 Å². The molecule has 0 saturated heterocycles. The van der Waals surface area contributed by atoms with Gasteiger partial charge in [0.05, 0.1) is 22.7 Å². The highest BCUT2D eigenvalue weighted by molar-refractivity contribution is 8.00. The van der Waals surface area contributed by atoms with E-state index in [0.717, 1.165) is 28.1 Å². The molecule has 0 spiro atoms. The standard InChI is InChI=1S/C48H34N4S2/c1-31-26-36(51-40-12-3-7-16-44(40)53-45-17-8-4-13-41(45)51)20-22-38(31)33-28-34(30-35(29-33)48-49-24-11-25-50-48)39-23-21-37(27-32(39)2)52-42-14-5-9-18-46(42)54-47-19-10-6-15-43(47)52/h3-30H,1-2H3. The Balaban J connectivity index is 1.07.